The molecule has 0 aromatic heterocycles. The molecule has 104 valence electrons. The van der Waals surface area contributed by atoms with E-state index in [4.69, 9.17) is 5.73 Å². The maximum absolute atomic E-state index is 12.4. The van der Waals surface area contributed by atoms with Crippen molar-refractivity contribution in [2.24, 2.45) is 0 Å². The Morgan fingerprint density at radius 3 is 2.53 bits per heavy atom. The van der Waals surface area contributed by atoms with Gasteiger partial charge >= 0.3 is 0 Å². The molecule has 19 heavy (non-hydrogen) atoms. The third-order valence-corrected chi connectivity index (χ3v) is 4.52. The largest absolute Gasteiger partial charge is 0.506 e. The van der Waals surface area contributed by atoms with Crippen LogP contribution in [0.2, 0.25) is 0 Å². The Hall–Kier alpha value is -1.27. The molecule has 1 aliphatic heterocycles. The first-order valence-corrected chi connectivity index (χ1v) is 6.96. The minimum absolute atomic E-state index is 0.0318. The van der Waals surface area contributed by atoms with Crippen LogP contribution >= 0.6 is 15.9 Å². The van der Waals surface area contributed by atoms with Gasteiger partial charge in [-0.2, -0.15) is 0 Å². The number of carbonyl (C=O) groups is 1. The highest BCUT2D eigenvalue weighted by molar-refractivity contribution is 9.10. The van der Waals surface area contributed by atoms with Crippen molar-refractivity contribution in [3.05, 3.63) is 21.7 Å². The predicted octanol–water partition coefficient (Wildman–Crippen LogP) is 1.43. The summed E-state index contributed by atoms with van der Waals surface area (Å²) in [5, 5.41) is 10.1. The number of nitrogen functional groups attached to an aromatic ring is 1. The van der Waals surface area contributed by atoms with Gasteiger partial charge in [0, 0.05) is 31.9 Å². The van der Waals surface area contributed by atoms with Gasteiger partial charge in [-0.15, -0.1) is 0 Å². The topological polar surface area (TPSA) is 69.8 Å². The molecule has 0 bridgehead atoms. The number of carbonyl (C=O) groups excluding carboxylic acids is 1. The molecule has 2 rings (SSSR count). The first-order valence-electron chi connectivity index (χ1n) is 6.17. The molecule has 3 N–H and O–H groups in total. The minimum atomic E-state index is -0.169. The van der Waals surface area contributed by atoms with Gasteiger partial charge in [0.1, 0.15) is 5.75 Å². The molecule has 1 heterocycles. The van der Waals surface area contributed by atoms with Gasteiger partial charge in [0.25, 0.3) is 5.91 Å². The number of nitrogens with two attached hydrogens (primary N) is 1. The van der Waals surface area contributed by atoms with Crippen LogP contribution in [0.3, 0.4) is 0 Å². The number of hydrogen-bond acceptors (Lipinski definition) is 4. The summed E-state index contributed by atoms with van der Waals surface area (Å²) in [6.45, 7) is 4.81. The number of aromatic hydroxyl groups is 1. The molecule has 0 spiro atoms. The number of phenolic OH excluding ortho intramolecular Hbond substituents is 1. The number of likely N-dealkylation sites (N-methyl/N-ethyl adjacent to an activating group) is 1. The Kier molecular flexibility index (Phi) is 4.01. The Labute approximate surface area is 121 Å². The lowest BCUT2D eigenvalue weighted by molar-refractivity contribution is 0.0661. The van der Waals surface area contributed by atoms with E-state index >= 15 is 0 Å². The van der Waals surface area contributed by atoms with Crippen LogP contribution in [0.25, 0.3) is 0 Å². The van der Waals surface area contributed by atoms with Crippen LogP contribution in [0, 0.1) is 6.92 Å². The fourth-order valence-corrected chi connectivity index (χ4v) is 2.54. The lowest BCUT2D eigenvalue weighted by Crippen LogP contribution is -2.47. The van der Waals surface area contributed by atoms with E-state index in [0.717, 1.165) is 18.7 Å². The number of benzene rings is 1. The molecule has 1 aliphatic rings. The van der Waals surface area contributed by atoms with Gasteiger partial charge < -0.3 is 20.6 Å². The summed E-state index contributed by atoms with van der Waals surface area (Å²) in [5.41, 5.74) is 7.37. The second kappa shape index (κ2) is 5.38. The fraction of sp³-hybridized carbons (Fsp3) is 0.462. The molecular weight excluding hydrogens is 310 g/mol. The van der Waals surface area contributed by atoms with Crippen molar-refractivity contribution in [2.45, 2.75) is 6.92 Å². The van der Waals surface area contributed by atoms with E-state index in [2.05, 4.69) is 20.8 Å². The third kappa shape index (κ3) is 2.69. The number of piperazine rings is 1. The van der Waals surface area contributed by atoms with Crippen LogP contribution in [-0.4, -0.2) is 54.0 Å². The number of anilines is 1. The molecule has 0 radical (unpaired) electrons. The van der Waals surface area contributed by atoms with Gasteiger partial charge in [-0.05, 0) is 41.5 Å². The molecule has 1 fully saturated rings. The maximum Gasteiger partial charge on any atom is 0.257 e. The zero-order chi connectivity index (χ0) is 14.2. The summed E-state index contributed by atoms with van der Waals surface area (Å²) < 4.78 is 0.491. The van der Waals surface area contributed by atoms with Crippen molar-refractivity contribution >= 4 is 27.5 Å². The van der Waals surface area contributed by atoms with Gasteiger partial charge in [-0.25, -0.2) is 0 Å². The average molecular weight is 328 g/mol. The van der Waals surface area contributed by atoms with E-state index < -0.39 is 0 Å². The SMILES string of the molecule is Cc1c(N)cc(C(=O)N2CCN(C)CC2)c(O)c1Br. The monoisotopic (exact) mass is 327 g/mol. The van der Waals surface area contributed by atoms with Crippen molar-refractivity contribution in [3.63, 3.8) is 0 Å². The smallest absolute Gasteiger partial charge is 0.257 e. The van der Waals surface area contributed by atoms with Gasteiger partial charge in [-0.1, -0.05) is 0 Å². The minimum Gasteiger partial charge on any atom is -0.506 e. The molecule has 0 unspecified atom stereocenters. The van der Waals surface area contributed by atoms with Gasteiger partial charge in [0.15, 0.2) is 0 Å². The summed E-state index contributed by atoms with van der Waals surface area (Å²) in [6, 6.07) is 1.55. The zero-order valence-electron chi connectivity index (χ0n) is 11.1. The molecule has 1 saturated heterocycles. The van der Waals surface area contributed by atoms with Crippen LogP contribution in [0.1, 0.15) is 15.9 Å². The lowest BCUT2D eigenvalue weighted by atomic mass is 10.1. The zero-order valence-corrected chi connectivity index (χ0v) is 12.7. The van der Waals surface area contributed by atoms with Crippen LogP contribution in [0.15, 0.2) is 10.5 Å². The van der Waals surface area contributed by atoms with Crippen LogP contribution in [-0.2, 0) is 0 Å². The highest BCUT2D eigenvalue weighted by Crippen LogP contribution is 2.35. The van der Waals surface area contributed by atoms with E-state index in [1.54, 1.807) is 17.9 Å². The number of halogens is 1. The van der Waals surface area contributed by atoms with E-state index in [9.17, 15) is 9.90 Å². The molecule has 1 aromatic rings. The number of amides is 1. The number of nitrogens with zero attached hydrogens (tertiary/aromatic N) is 2. The highest BCUT2D eigenvalue weighted by Gasteiger charge is 2.24. The summed E-state index contributed by atoms with van der Waals surface area (Å²) in [7, 11) is 2.03. The van der Waals surface area contributed by atoms with Crippen molar-refractivity contribution < 1.29 is 9.90 Å². The van der Waals surface area contributed by atoms with Crippen LogP contribution in [0.4, 0.5) is 5.69 Å². The summed E-state index contributed by atoms with van der Waals surface area (Å²) >= 11 is 3.27. The summed E-state index contributed by atoms with van der Waals surface area (Å²) in [5.74, 6) is -0.200. The van der Waals surface area contributed by atoms with Gasteiger partial charge in [-0.3, -0.25) is 4.79 Å². The molecule has 0 atom stereocenters. The second-order valence-electron chi connectivity index (χ2n) is 4.90. The first-order chi connectivity index (χ1) is 8.91. The van der Waals surface area contributed by atoms with Gasteiger partial charge in [0.2, 0.25) is 0 Å². The third-order valence-electron chi connectivity index (χ3n) is 3.55. The van der Waals surface area contributed by atoms with Crippen LogP contribution < -0.4 is 5.73 Å². The number of rotatable bonds is 1. The van der Waals surface area contributed by atoms with E-state index in [0.29, 0.717) is 23.2 Å². The molecule has 5 nitrogen and oxygen atoms in total. The van der Waals surface area contributed by atoms with Gasteiger partial charge in [0.05, 0.1) is 10.0 Å². The highest BCUT2D eigenvalue weighted by atomic mass is 79.9. The van der Waals surface area contributed by atoms with Crippen molar-refractivity contribution in [1.82, 2.24) is 9.80 Å². The average Bonchev–Trinajstić information content (AvgIpc) is 2.40. The molecule has 1 aromatic carbocycles. The van der Waals surface area contributed by atoms with Crippen molar-refractivity contribution in [2.75, 3.05) is 39.0 Å². The summed E-state index contributed by atoms with van der Waals surface area (Å²) in [6.07, 6.45) is 0. The molecule has 6 heteroatoms. The van der Waals surface area contributed by atoms with E-state index in [-0.39, 0.29) is 17.2 Å². The molecular formula is C13H18BrN3O2. The normalized spacial score (nSPS) is 16.7. The maximum atomic E-state index is 12.4. The Morgan fingerprint density at radius 1 is 1.37 bits per heavy atom. The quantitative estimate of drug-likeness (QED) is 0.604. The lowest BCUT2D eigenvalue weighted by Gasteiger charge is -2.32. The standard InChI is InChI=1S/C13H18BrN3O2/c1-8-10(15)7-9(12(18)11(8)14)13(19)17-5-3-16(2)4-6-17/h7,18H,3-6,15H2,1-2H3. The second-order valence-corrected chi connectivity index (χ2v) is 5.69. The number of phenols is 1. The Morgan fingerprint density at radius 2 is 1.95 bits per heavy atom. The molecule has 1 amide bonds. The van der Waals surface area contributed by atoms with E-state index in [1.165, 1.54) is 0 Å². The Balaban J connectivity index is 2.29. The van der Waals surface area contributed by atoms with Crippen molar-refractivity contribution in [1.29, 1.82) is 0 Å². The predicted molar refractivity (Wildman–Crippen MR) is 78.4 cm³/mol. The van der Waals surface area contributed by atoms with Crippen LogP contribution in [0.5, 0.6) is 5.75 Å². The molecule has 0 aliphatic carbocycles. The Bertz CT molecular complexity index is 511. The molecule has 0 saturated carbocycles. The van der Waals surface area contributed by atoms with Crippen molar-refractivity contribution in [3.8, 4) is 5.75 Å². The number of hydrogen-bond donors (Lipinski definition) is 2. The summed E-state index contributed by atoms with van der Waals surface area (Å²) in [4.78, 5) is 16.3. The van der Waals surface area contributed by atoms with E-state index in [1.807, 2.05) is 7.05 Å². The first kappa shape index (κ1) is 14.1. The fourth-order valence-electron chi connectivity index (χ4n) is 2.10.